The van der Waals surface area contributed by atoms with Gasteiger partial charge in [0, 0.05) is 30.3 Å². The van der Waals surface area contributed by atoms with Gasteiger partial charge in [0.05, 0.1) is 0 Å². The predicted octanol–water partition coefficient (Wildman–Crippen LogP) is 2.57. The molecule has 0 unspecified atom stereocenters. The van der Waals surface area contributed by atoms with Gasteiger partial charge in [-0.2, -0.15) is 0 Å². The summed E-state index contributed by atoms with van der Waals surface area (Å²) in [6.45, 7) is 2.20. The summed E-state index contributed by atoms with van der Waals surface area (Å²) in [6, 6.07) is 5.56. The van der Waals surface area contributed by atoms with Crippen LogP contribution in [-0.2, 0) is 4.79 Å². The van der Waals surface area contributed by atoms with Crippen LogP contribution in [-0.4, -0.2) is 24.4 Å². The molecule has 128 valence electrons. The number of benzene rings is 1. The normalized spacial score (nSPS) is 14.7. The lowest BCUT2D eigenvalue weighted by molar-refractivity contribution is -0.121. The van der Waals surface area contributed by atoms with E-state index >= 15 is 0 Å². The van der Waals surface area contributed by atoms with E-state index in [-0.39, 0.29) is 24.2 Å². The molecule has 4 N–H and O–H groups in total. The highest BCUT2D eigenvalue weighted by Gasteiger charge is 2.16. The molecule has 1 fully saturated rings. The first kappa shape index (κ1) is 19.3. The van der Waals surface area contributed by atoms with E-state index in [1.807, 2.05) is 13.0 Å². The van der Waals surface area contributed by atoms with Crippen LogP contribution < -0.4 is 16.4 Å². The third-order valence-electron chi connectivity index (χ3n) is 4.11. The molecule has 0 spiro atoms. The number of aryl methyl sites for hydroxylation is 1. The van der Waals surface area contributed by atoms with Crippen molar-refractivity contribution in [2.24, 2.45) is 0 Å². The molecule has 2 amide bonds. The van der Waals surface area contributed by atoms with Crippen molar-refractivity contribution in [3.05, 3.63) is 29.3 Å². The fourth-order valence-corrected chi connectivity index (χ4v) is 2.82. The molecule has 0 heterocycles. The van der Waals surface area contributed by atoms with Crippen LogP contribution in [0.1, 0.15) is 54.4 Å². The second-order valence-electron chi connectivity index (χ2n) is 5.98. The number of hydrogen-bond donors (Lipinski definition) is 3. The van der Waals surface area contributed by atoms with Crippen LogP contribution in [0.15, 0.2) is 18.2 Å². The molecule has 0 radical (unpaired) electrons. The largest absolute Gasteiger partial charge is 0.399 e. The molecule has 1 aromatic carbocycles. The van der Waals surface area contributed by atoms with Crippen molar-refractivity contribution in [2.75, 3.05) is 12.3 Å². The number of hydrogen-bond acceptors (Lipinski definition) is 3. The Balaban J connectivity index is 0.00000264. The number of carbonyl (C=O) groups is 2. The van der Waals surface area contributed by atoms with Gasteiger partial charge in [0.25, 0.3) is 5.91 Å². The van der Waals surface area contributed by atoms with Gasteiger partial charge in [-0.3, -0.25) is 9.59 Å². The standard InChI is InChI=1S/C17H25N3O2.ClH/c1-12-7-8-13(18)11-15(12)17(22)19-10-9-16(21)20-14-5-3-2-4-6-14;/h7-8,11,14H,2-6,9-10,18H2,1H3,(H,19,22)(H,20,21);1H. The van der Waals surface area contributed by atoms with E-state index in [0.717, 1.165) is 18.4 Å². The SMILES string of the molecule is Cc1ccc(N)cc1C(=O)NCCC(=O)NC1CCCCC1.Cl. The van der Waals surface area contributed by atoms with Crippen molar-refractivity contribution >= 4 is 29.9 Å². The quantitative estimate of drug-likeness (QED) is 0.721. The topological polar surface area (TPSA) is 84.2 Å². The first-order valence-corrected chi connectivity index (χ1v) is 8.00. The number of rotatable bonds is 5. The Morgan fingerprint density at radius 2 is 1.91 bits per heavy atom. The number of nitrogens with two attached hydrogens (primary N) is 1. The van der Waals surface area contributed by atoms with Crippen LogP contribution in [0.3, 0.4) is 0 Å². The summed E-state index contributed by atoms with van der Waals surface area (Å²) >= 11 is 0. The van der Waals surface area contributed by atoms with Crippen LogP contribution in [0.25, 0.3) is 0 Å². The molecule has 2 rings (SSSR count). The van der Waals surface area contributed by atoms with Gasteiger partial charge in [-0.15, -0.1) is 12.4 Å². The average Bonchev–Trinajstić information content (AvgIpc) is 2.50. The Hall–Kier alpha value is -1.75. The molecule has 1 aromatic rings. The molecule has 6 heteroatoms. The third-order valence-corrected chi connectivity index (χ3v) is 4.11. The number of nitrogen functional groups attached to an aromatic ring is 1. The first-order chi connectivity index (χ1) is 10.6. The summed E-state index contributed by atoms with van der Waals surface area (Å²) in [7, 11) is 0. The number of carbonyl (C=O) groups excluding carboxylic acids is 2. The van der Waals surface area contributed by atoms with E-state index in [9.17, 15) is 9.59 Å². The minimum atomic E-state index is -0.185. The van der Waals surface area contributed by atoms with Gasteiger partial charge in [0.15, 0.2) is 0 Å². The van der Waals surface area contributed by atoms with Crippen molar-refractivity contribution in [1.29, 1.82) is 0 Å². The van der Waals surface area contributed by atoms with Crippen LogP contribution >= 0.6 is 12.4 Å². The zero-order chi connectivity index (χ0) is 15.9. The smallest absolute Gasteiger partial charge is 0.251 e. The minimum absolute atomic E-state index is 0. The van der Waals surface area contributed by atoms with E-state index in [0.29, 0.717) is 30.3 Å². The molecule has 5 nitrogen and oxygen atoms in total. The van der Waals surface area contributed by atoms with Gasteiger partial charge in [0.1, 0.15) is 0 Å². The molecule has 0 atom stereocenters. The fraction of sp³-hybridized carbons (Fsp3) is 0.529. The monoisotopic (exact) mass is 339 g/mol. The highest BCUT2D eigenvalue weighted by molar-refractivity contribution is 5.96. The van der Waals surface area contributed by atoms with E-state index in [1.165, 1.54) is 19.3 Å². The van der Waals surface area contributed by atoms with Gasteiger partial charge >= 0.3 is 0 Å². The molecular formula is C17H26ClN3O2. The molecule has 1 aliphatic rings. The summed E-state index contributed by atoms with van der Waals surface area (Å²) in [6.07, 6.45) is 6.10. The lowest BCUT2D eigenvalue weighted by atomic mass is 9.95. The van der Waals surface area contributed by atoms with E-state index in [1.54, 1.807) is 12.1 Å². The Morgan fingerprint density at radius 3 is 2.61 bits per heavy atom. The molecule has 23 heavy (non-hydrogen) atoms. The molecule has 0 aliphatic heterocycles. The summed E-state index contributed by atoms with van der Waals surface area (Å²) in [5.41, 5.74) is 7.70. The summed E-state index contributed by atoms with van der Waals surface area (Å²) in [5.74, 6) is -0.174. The summed E-state index contributed by atoms with van der Waals surface area (Å²) in [5, 5.41) is 5.82. The highest BCUT2D eigenvalue weighted by atomic mass is 35.5. The predicted molar refractivity (Wildman–Crippen MR) is 94.8 cm³/mol. The molecule has 0 bridgehead atoms. The summed E-state index contributed by atoms with van der Waals surface area (Å²) in [4.78, 5) is 24.0. The number of amides is 2. The zero-order valence-corrected chi connectivity index (χ0v) is 14.4. The lowest BCUT2D eigenvalue weighted by Gasteiger charge is -2.22. The Labute approximate surface area is 143 Å². The average molecular weight is 340 g/mol. The van der Waals surface area contributed by atoms with E-state index in [4.69, 9.17) is 5.73 Å². The van der Waals surface area contributed by atoms with Gasteiger partial charge in [0.2, 0.25) is 5.91 Å². The minimum Gasteiger partial charge on any atom is -0.399 e. The highest BCUT2D eigenvalue weighted by Crippen LogP contribution is 2.17. The molecule has 0 aromatic heterocycles. The van der Waals surface area contributed by atoms with Crippen LogP contribution in [0.4, 0.5) is 5.69 Å². The molecule has 1 saturated carbocycles. The van der Waals surface area contributed by atoms with E-state index < -0.39 is 0 Å². The van der Waals surface area contributed by atoms with Crippen molar-refractivity contribution < 1.29 is 9.59 Å². The number of anilines is 1. The Kier molecular flexibility index (Phi) is 7.89. The molecule has 1 aliphatic carbocycles. The maximum Gasteiger partial charge on any atom is 0.251 e. The number of halogens is 1. The van der Waals surface area contributed by atoms with Gasteiger partial charge in [-0.25, -0.2) is 0 Å². The summed E-state index contributed by atoms with van der Waals surface area (Å²) < 4.78 is 0. The zero-order valence-electron chi connectivity index (χ0n) is 13.6. The van der Waals surface area contributed by atoms with Crippen molar-refractivity contribution in [2.45, 2.75) is 51.5 Å². The fourth-order valence-electron chi connectivity index (χ4n) is 2.82. The van der Waals surface area contributed by atoms with Crippen molar-refractivity contribution in [3.8, 4) is 0 Å². The maximum absolute atomic E-state index is 12.1. The van der Waals surface area contributed by atoms with Gasteiger partial charge in [-0.1, -0.05) is 25.3 Å². The maximum atomic E-state index is 12.1. The van der Waals surface area contributed by atoms with Crippen LogP contribution in [0.5, 0.6) is 0 Å². The molecule has 0 saturated heterocycles. The van der Waals surface area contributed by atoms with E-state index in [2.05, 4.69) is 10.6 Å². The molecular weight excluding hydrogens is 314 g/mol. The first-order valence-electron chi connectivity index (χ1n) is 8.00. The third kappa shape index (κ3) is 6.10. The van der Waals surface area contributed by atoms with Crippen molar-refractivity contribution in [3.63, 3.8) is 0 Å². The van der Waals surface area contributed by atoms with Crippen LogP contribution in [0, 0.1) is 6.92 Å². The second-order valence-corrected chi connectivity index (χ2v) is 5.98. The van der Waals surface area contributed by atoms with Gasteiger partial charge in [-0.05, 0) is 37.5 Å². The number of nitrogens with one attached hydrogen (secondary N) is 2. The van der Waals surface area contributed by atoms with Crippen molar-refractivity contribution in [1.82, 2.24) is 10.6 Å². The van der Waals surface area contributed by atoms with Crippen LogP contribution in [0.2, 0.25) is 0 Å². The Bertz CT molecular complexity index is 543. The van der Waals surface area contributed by atoms with Gasteiger partial charge < -0.3 is 16.4 Å². The lowest BCUT2D eigenvalue weighted by Crippen LogP contribution is -2.38. The Morgan fingerprint density at radius 1 is 1.22 bits per heavy atom. The second kappa shape index (κ2) is 9.40.